The van der Waals surface area contributed by atoms with E-state index in [9.17, 15) is 13.5 Å². The Morgan fingerprint density at radius 1 is 1.33 bits per heavy atom. The number of thiophene rings is 1. The second-order valence-corrected chi connectivity index (χ2v) is 8.90. The third-order valence-corrected chi connectivity index (χ3v) is 7.01. The molecule has 0 spiro atoms. The number of likely N-dealkylation sites (tertiary alicyclic amines) is 1. The third kappa shape index (κ3) is 4.64. The molecular weight excluding hydrogens is 348 g/mol. The van der Waals surface area contributed by atoms with Gasteiger partial charge in [-0.15, -0.1) is 11.3 Å². The highest BCUT2D eigenvalue weighted by atomic mass is 32.2. The van der Waals surface area contributed by atoms with Gasteiger partial charge >= 0.3 is 0 Å². The van der Waals surface area contributed by atoms with Crippen LogP contribution in [0.1, 0.15) is 12.8 Å². The quantitative estimate of drug-likeness (QED) is 0.751. The zero-order valence-corrected chi connectivity index (χ0v) is 14.9. The van der Waals surface area contributed by atoms with Crippen molar-refractivity contribution in [2.24, 2.45) is 0 Å². The van der Waals surface area contributed by atoms with Crippen LogP contribution in [0.4, 0.5) is 0 Å². The van der Waals surface area contributed by atoms with Crippen molar-refractivity contribution in [1.82, 2.24) is 19.4 Å². The molecule has 1 fully saturated rings. The average Bonchev–Trinajstić information content (AvgIpc) is 3.22. The summed E-state index contributed by atoms with van der Waals surface area (Å²) in [5, 5.41) is 16.0. The Bertz CT molecular complexity index is 708. The van der Waals surface area contributed by atoms with Crippen LogP contribution in [0.5, 0.6) is 0 Å². The number of rotatable bonds is 7. The number of β-amino-alcohol motifs (C(OH)–C–C–N with tert-alkyl or cyclic N) is 1. The predicted molar refractivity (Wildman–Crippen MR) is 92.3 cm³/mol. The van der Waals surface area contributed by atoms with Gasteiger partial charge in [0.2, 0.25) is 10.0 Å². The molecule has 2 aromatic heterocycles. The second kappa shape index (κ2) is 7.75. The Morgan fingerprint density at radius 2 is 2.12 bits per heavy atom. The number of nitrogens with zero attached hydrogens (tertiary/aromatic N) is 3. The summed E-state index contributed by atoms with van der Waals surface area (Å²) in [6.07, 6.45) is 4.54. The smallest absolute Gasteiger partial charge is 0.250 e. The number of aliphatic hydroxyl groups excluding tert-OH is 1. The molecule has 1 atom stereocenters. The van der Waals surface area contributed by atoms with E-state index in [0.29, 0.717) is 17.3 Å². The third-order valence-electron chi connectivity index (χ3n) is 4.10. The monoisotopic (exact) mass is 370 g/mol. The first-order valence-corrected chi connectivity index (χ1v) is 10.3. The number of aliphatic hydroxyl groups is 1. The molecule has 0 aliphatic carbocycles. The van der Waals surface area contributed by atoms with Crippen molar-refractivity contribution in [3.8, 4) is 0 Å². The van der Waals surface area contributed by atoms with E-state index in [-0.39, 0.29) is 6.04 Å². The average molecular weight is 371 g/mol. The molecule has 3 rings (SSSR count). The van der Waals surface area contributed by atoms with Gasteiger partial charge in [0.25, 0.3) is 0 Å². The van der Waals surface area contributed by atoms with Crippen molar-refractivity contribution >= 4 is 21.4 Å². The summed E-state index contributed by atoms with van der Waals surface area (Å²) in [4.78, 5) is 2.17. The van der Waals surface area contributed by atoms with Crippen LogP contribution in [-0.2, 0) is 16.6 Å². The van der Waals surface area contributed by atoms with Crippen LogP contribution in [-0.4, -0.2) is 60.0 Å². The van der Waals surface area contributed by atoms with Gasteiger partial charge in [0.05, 0.1) is 12.6 Å². The molecule has 9 heteroatoms. The van der Waals surface area contributed by atoms with E-state index in [1.54, 1.807) is 28.4 Å². The van der Waals surface area contributed by atoms with Crippen LogP contribution in [0.2, 0.25) is 0 Å². The summed E-state index contributed by atoms with van der Waals surface area (Å²) in [7, 11) is -3.40. The van der Waals surface area contributed by atoms with E-state index in [1.807, 2.05) is 12.3 Å². The van der Waals surface area contributed by atoms with Gasteiger partial charge in [-0.1, -0.05) is 6.07 Å². The normalized spacial score (nSPS) is 18.7. The van der Waals surface area contributed by atoms with Gasteiger partial charge in [-0.2, -0.15) is 5.10 Å². The lowest BCUT2D eigenvalue weighted by molar-refractivity contribution is 0.0815. The standard InChI is InChI=1S/C15H22N4O3S2/c20-14(12-19-7-2-6-16-19)11-18-8-4-13(5-9-18)17-24(21,22)15-3-1-10-23-15/h1-3,6-7,10,13-14,17,20H,4-5,8-9,11-12H2. The van der Waals surface area contributed by atoms with Crippen LogP contribution >= 0.6 is 11.3 Å². The van der Waals surface area contributed by atoms with Gasteiger partial charge < -0.3 is 10.0 Å². The first-order valence-electron chi connectivity index (χ1n) is 7.96. The Labute approximate surface area is 146 Å². The second-order valence-electron chi connectivity index (χ2n) is 6.01. The van der Waals surface area contributed by atoms with Gasteiger partial charge in [-0.25, -0.2) is 13.1 Å². The zero-order valence-electron chi connectivity index (χ0n) is 13.3. The SMILES string of the molecule is O=S(=O)(NC1CCN(CC(O)Cn2cccn2)CC1)c1cccs1. The molecule has 24 heavy (non-hydrogen) atoms. The number of hydrogen-bond acceptors (Lipinski definition) is 6. The summed E-state index contributed by atoms with van der Waals surface area (Å²) in [6, 6.07) is 5.14. The van der Waals surface area contributed by atoms with Crippen LogP contribution in [0.15, 0.2) is 40.2 Å². The van der Waals surface area contributed by atoms with E-state index in [0.717, 1.165) is 25.9 Å². The maximum atomic E-state index is 12.2. The van der Waals surface area contributed by atoms with E-state index >= 15 is 0 Å². The van der Waals surface area contributed by atoms with Gasteiger partial charge in [-0.05, 0) is 43.4 Å². The molecule has 3 heterocycles. The Morgan fingerprint density at radius 3 is 2.75 bits per heavy atom. The highest BCUT2D eigenvalue weighted by Crippen LogP contribution is 2.18. The molecule has 0 amide bonds. The molecule has 0 saturated carbocycles. The molecule has 1 unspecified atom stereocenters. The van der Waals surface area contributed by atoms with Gasteiger partial charge in [0.1, 0.15) is 4.21 Å². The molecule has 1 aliphatic rings. The molecule has 7 nitrogen and oxygen atoms in total. The van der Waals surface area contributed by atoms with E-state index in [4.69, 9.17) is 0 Å². The number of aromatic nitrogens is 2. The summed E-state index contributed by atoms with van der Waals surface area (Å²) in [5.74, 6) is 0. The minimum atomic E-state index is -3.40. The van der Waals surface area contributed by atoms with Crippen molar-refractivity contribution in [2.45, 2.75) is 35.7 Å². The fourth-order valence-electron chi connectivity index (χ4n) is 2.91. The molecule has 132 valence electrons. The maximum Gasteiger partial charge on any atom is 0.250 e. The predicted octanol–water partition coefficient (Wildman–Crippen LogP) is 0.748. The van der Waals surface area contributed by atoms with Gasteiger partial charge in [-0.3, -0.25) is 4.68 Å². The topological polar surface area (TPSA) is 87.5 Å². The molecule has 1 aliphatic heterocycles. The molecule has 0 bridgehead atoms. The van der Waals surface area contributed by atoms with Crippen molar-refractivity contribution in [3.05, 3.63) is 36.0 Å². The summed E-state index contributed by atoms with van der Waals surface area (Å²) < 4.78 is 29.3. The van der Waals surface area contributed by atoms with Crippen molar-refractivity contribution in [2.75, 3.05) is 19.6 Å². The highest BCUT2D eigenvalue weighted by Gasteiger charge is 2.26. The number of piperidine rings is 1. The lowest BCUT2D eigenvalue weighted by atomic mass is 10.1. The number of hydrogen-bond donors (Lipinski definition) is 2. The summed E-state index contributed by atoms with van der Waals surface area (Å²) >= 11 is 1.23. The first-order chi connectivity index (χ1) is 11.5. The Hall–Kier alpha value is -1.26. The van der Waals surface area contributed by atoms with Gasteiger partial charge in [0.15, 0.2) is 0 Å². The largest absolute Gasteiger partial charge is 0.390 e. The van der Waals surface area contributed by atoms with Crippen LogP contribution < -0.4 is 4.72 Å². The van der Waals surface area contributed by atoms with Crippen LogP contribution in [0, 0.1) is 0 Å². The summed E-state index contributed by atoms with van der Waals surface area (Å²) in [5.41, 5.74) is 0. The molecule has 1 saturated heterocycles. The minimum absolute atomic E-state index is 0.0448. The van der Waals surface area contributed by atoms with Crippen molar-refractivity contribution in [3.63, 3.8) is 0 Å². The minimum Gasteiger partial charge on any atom is -0.390 e. The lowest BCUT2D eigenvalue weighted by Gasteiger charge is -2.33. The van der Waals surface area contributed by atoms with Crippen molar-refractivity contribution in [1.29, 1.82) is 0 Å². The van der Waals surface area contributed by atoms with Gasteiger partial charge in [0, 0.05) is 25.0 Å². The molecular formula is C15H22N4O3S2. The van der Waals surface area contributed by atoms with E-state index in [2.05, 4.69) is 14.7 Å². The molecule has 2 N–H and O–H groups in total. The van der Waals surface area contributed by atoms with Crippen molar-refractivity contribution < 1.29 is 13.5 Å². The van der Waals surface area contributed by atoms with Crippen LogP contribution in [0.3, 0.4) is 0 Å². The van der Waals surface area contributed by atoms with E-state index in [1.165, 1.54) is 11.3 Å². The zero-order chi connectivity index (χ0) is 17.0. The Kier molecular flexibility index (Phi) is 5.67. The van der Waals surface area contributed by atoms with E-state index < -0.39 is 16.1 Å². The molecule has 0 aromatic carbocycles. The fourth-order valence-corrected chi connectivity index (χ4v) is 5.22. The molecule has 0 radical (unpaired) electrons. The lowest BCUT2D eigenvalue weighted by Crippen LogP contribution is -2.46. The van der Waals surface area contributed by atoms with Crippen LogP contribution in [0.25, 0.3) is 0 Å². The molecule has 2 aromatic rings. The Balaban J connectivity index is 1.44. The fraction of sp³-hybridized carbons (Fsp3) is 0.533. The number of nitrogens with one attached hydrogen (secondary N) is 1. The highest BCUT2D eigenvalue weighted by molar-refractivity contribution is 7.91. The summed E-state index contributed by atoms with van der Waals surface area (Å²) in [6.45, 7) is 2.59. The first kappa shape index (κ1) is 17.6. The number of sulfonamides is 1. The maximum absolute atomic E-state index is 12.2.